The molecule has 2 aromatic rings. The number of aliphatic imine (C=N–C) groups is 1. The molecule has 1 aliphatic heterocycles. The molecule has 8 nitrogen and oxygen atoms in total. The van der Waals surface area contributed by atoms with Gasteiger partial charge in [0, 0.05) is 16.3 Å². The van der Waals surface area contributed by atoms with Crippen molar-refractivity contribution in [2.24, 2.45) is 16.1 Å². The van der Waals surface area contributed by atoms with Gasteiger partial charge in [-0.05, 0) is 95.0 Å². The Kier molecular flexibility index (Phi) is 9.31. The van der Waals surface area contributed by atoms with Crippen LogP contribution in [-0.2, 0) is 9.59 Å². The van der Waals surface area contributed by atoms with Crippen molar-refractivity contribution in [3.05, 3.63) is 76.0 Å². The molecule has 1 aliphatic rings. The smallest absolute Gasteiger partial charge is 0.251 e. The van der Waals surface area contributed by atoms with Crippen LogP contribution >= 0.6 is 11.6 Å². The summed E-state index contributed by atoms with van der Waals surface area (Å²) in [6.45, 7) is 8.74. The molecule has 1 heterocycles. The summed E-state index contributed by atoms with van der Waals surface area (Å²) in [4.78, 5) is 44.3. The molecule has 0 saturated carbocycles. The third-order valence-corrected chi connectivity index (χ3v) is 7.15. The highest BCUT2D eigenvalue weighted by molar-refractivity contribution is 6.34. The van der Waals surface area contributed by atoms with Crippen molar-refractivity contribution in [3.8, 4) is 6.07 Å². The largest absolute Gasteiger partial charge is 0.402 e. The van der Waals surface area contributed by atoms with E-state index in [4.69, 9.17) is 17.3 Å². The van der Waals surface area contributed by atoms with E-state index in [-0.39, 0.29) is 23.7 Å². The lowest BCUT2D eigenvalue weighted by atomic mass is 9.84. The second kappa shape index (κ2) is 12.3. The number of nitrogens with zero attached hydrogens (tertiary/aromatic N) is 3. The normalized spacial score (nSPS) is 18.8. The highest BCUT2D eigenvalue weighted by Gasteiger charge is 2.46. The van der Waals surface area contributed by atoms with Crippen molar-refractivity contribution in [1.82, 2.24) is 10.2 Å². The first-order chi connectivity index (χ1) is 18.4. The van der Waals surface area contributed by atoms with Crippen molar-refractivity contribution in [2.75, 3.05) is 0 Å². The van der Waals surface area contributed by atoms with Gasteiger partial charge in [0.2, 0.25) is 5.91 Å². The van der Waals surface area contributed by atoms with Crippen LogP contribution in [0.15, 0.2) is 59.2 Å². The van der Waals surface area contributed by atoms with Crippen LogP contribution in [0.3, 0.4) is 0 Å². The molecular weight excluding hydrogens is 514 g/mol. The summed E-state index contributed by atoms with van der Waals surface area (Å²) in [6, 6.07) is 13.2. The number of likely N-dealkylation sites (tertiary alicyclic amines) is 1. The fourth-order valence-corrected chi connectivity index (χ4v) is 5.09. The summed E-state index contributed by atoms with van der Waals surface area (Å²) in [5, 5.41) is 13.2. The second-order valence-corrected chi connectivity index (χ2v) is 10.9. The highest BCUT2D eigenvalue weighted by Crippen LogP contribution is 2.43. The zero-order valence-corrected chi connectivity index (χ0v) is 23.6. The van der Waals surface area contributed by atoms with E-state index in [0.717, 1.165) is 5.56 Å². The lowest BCUT2D eigenvalue weighted by molar-refractivity contribution is -0.137. The molecule has 0 aromatic heterocycles. The van der Waals surface area contributed by atoms with Gasteiger partial charge in [-0.3, -0.25) is 14.4 Å². The third kappa shape index (κ3) is 6.92. The summed E-state index contributed by atoms with van der Waals surface area (Å²) in [5.74, 6) is -0.686. The molecule has 0 aliphatic carbocycles. The molecule has 1 fully saturated rings. The van der Waals surface area contributed by atoms with Crippen LogP contribution in [0, 0.1) is 23.7 Å². The second-order valence-electron chi connectivity index (χ2n) is 10.5. The van der Waals surface area contributed by atoms with Gasteiger partial charge in [0.25, 0.3) is 5.91 Å². The molecule has 9 heteroatoms. The number of nitrogens with one attached hydrogen (secondary N) is 1. The minimum absolute atomic E-state index is 0.171. The molecule has 0 spiro atoms. The average molecular weight is 548 g/mol. The van der Waals surface area contributed by atoms with E-state index in [9.17, 15) is 19.6 Å². The maximum atomic E-state index is 13.8. The van der Waals surface area contributed by atoms with Crippen molar-refractivity contribution in [2.45, 2.75) is 65.6 Å². The third-order valence-electron chi connectivity index (χ3n) is 6.92. The van der Waals surface area contributed by atoms with Gasteiger partial charge in [0.15, 0.2) is 6.29 Å². The molecule has 3 N–H and O–H groups in total. The van der Waals surface area contributed by atoms with E-state index in [2.05, 4.69) is 16.4 Å². The Bertz CT molecular complexity index is 1370. The van der Waals surface area contributed by atoms with Gasteiger partial charge in [-0.2, -0.15) is 5.26 Å². The molecular formula is C30H34ClN5O3. The van der Waals surface area contributed by atoms with Gasteiger partial charge < -0.3 is 16.0 Å². The lowest BCUT2D eigenvalue weighted by Crippen LogP contribution is -2.52. The minimum Gasteiger partial charge on any atom is -0.402 e. The number of allylic oxidation sites excluding steroid dienone is 2. The van der Waals surface area contributed by atoms with Crippen molar-refractivity contribution in [3.63, 3.8) is 0 Å². The number of aldehydes is 1. The number of hydrogen-bond donors (Lipinski definition) is 2. The first kappa shape index (κ1) is 29.6. The van der Waals surface area contributed by atoms with Crippen LogP contribution in [0.5, 0.6) is 0 Å². The fourth-order valence-electron chi connectivity index (χ4n) is 4.89. The van der Waals surface area contributed by atoms with Crippen molar-refractivity contribution in [1.29, 1.82) is 5.26 Å². The predicted octanol–water partition coefficient (Wildman–Crippen LogP) is 5.18. The Morgan fingerprint density at radius 3 is 2.56 bits per heavy atom. The molecule has 2 unspecified atom stereocenters. The number of halogens is 1. The van der Waals surface area contributed by atoms with Gasteiger partial charge in [-0.25, -0.2) is 4.99 Å². The van der Waals surface area contributed by atoms with E-state index in [1.165, 1.54) is 6.08 Å². The number of rotatable bonds is 8. The Morgan fingerprint density at radius 1 is 1.26 bits per heavy atom. The van der Waals surface area contributed by atoms with Crippen LogP contribution in [0.1, 0.15) is 68.1 Å². The topological polar surface area (TPSA) is 129 Å². The van der Waals surface area contributed by atoms with Crippen molar-refractivity contribution >= 4 is 41.1 Å². The Balaban J connectivity index is 1.84. The predicted molar refractivity (Wildman–Crippen MR) is 153 cm³/mol. The van der Waals surface area contributed by atoms with E-state index in [1.54, 1.807) is 49.9 Å². The summed E-state index contributed by atoms with van der Waals surface area (Å²) in [6.07, 6.45) is 3.42. The van der Waals surface area contributed by atoms with E-state index in [0.29, 0.717) is 46.7 Å². The Hall–Kier alpha value is -3.96. The zero-order valence-electron chi connectivity index (χ0n) is 22.9. The van der Waals surface area contributed by atoms with Crippen LogP contribution in [0.2, 0.25) is 5.02 Å². The molecule has 0 bridgehead atoms. The molecule has 2 aromatic carbocycles. The molecule has 204 valence electrons. The fraction of sp³-hybridized carbons (Fsp3) is 0.367. The molecule has 3 atom stereocenters. The van der Waals surface area contributed by atoms with Crippen LogP contribution < -0.4 is 11.1 Å². The lowest BCUT2D eigenvalue weighted by Gasteiger charge is -2.38. The Labute approximate surface area is 234 Å². The van der Waals surface area contributed by atoms with Gasteiger partial charge in [0.05, 0.1) is 29.3 Å². The minimum atomic E-state index is -0.841. The van der Waals surface area contributed by atoms with Gasteiger partial charge in [-0.1, -0.05) is 23.7 Å². The summed E-state index contributed by atoms with van der Waals surface area (Å²) >= 11 is 6.24. The number of aryl methyl sites for hydroxylation is 1. The molecule has 2 amide bonds. The SMILES string of the molecule is CC(N)=CC(C=O)=Nc1ccc(C(=O)N[C@H](C)C(=O)N2C(c3cccc(Cl)c3)CCC2C(C)(C)C#N)cc1C. The first-order valence-electron chi connectivity index (χ1n) is 12.8. The summed E-state index contributed by atoms with van der Waals surface area (Å²) < 4.78 is 0. The van der Waals surface area contributed by atoms with Gasteiger partial charge in [-0.15, -0.1) is 0 Å². The first-order valence-corrected chi connectivity index (χ1v) is 13.1. The molecule has 0 radical (unpaired) electrons. The van der Waals surface area contributed by atoms with Crippen LogP contribution in [-0.4, -0.2) is 40.8 Å². The van der Waals surface area contributed by atoms with E-state index >= 15 is 0 Å². The number of hydrogen-bond acceptors (Lipinski definition) is 6. The number of nitriles is 1. The summed E-state index contributed by atoms with van der Waals surface area (Å²) in [5.41, 5.74) is 7.94. The van der Waals surface area contributed by atoms with Crippen LogP contribution in [0.4, 0.5) is 5.69 Å². The number of carbonyl (C=O) groups is 3. The standard InChI is InChI=1S/C30H34ClN5O3/c1-18-13-22(9-10-25(18)35-24(16-37)14-19(2)33)28(38)34-20(3)29(39)36-26(21-7-6-8-23(31)15-21)11-12-27(36)30(4,5)17-32/h6-10,13-16,20,26-27H,11-12,33H2,1-5H3,(H,34,38)/t20-,26?,27?/m1/s1. The summed E-state index contributed by atoms with van der Waals surface area (Å²) in [7, 11) is 0. The monoisotopic (exact) mass is 547 g/mol. The van der Waals surface area contributed by atoms with Crippen LogP contribution in [0.25, 0.3) is 0 Å². The van der Waals surface area contributed by atoms with E-state index in [1.807, 2.05) is 32.0 Å². The molecule has 3 rings (SSSR count). The Morgan fingerprint density at radius 2 is 1.97 bits per heavy atom. The average Bonchev–Trinajstić information content (AvgIpc) is 3.34. The zero-order chi connectivity index (χ0) is 28.9. The molecule has 39 heavy (non-hydrogen) atoms. The number of amides is 2. The van der Waals surface area contributed by atoms with Gasteiger partial charge in [0.1, 0.15) is 11.8 Å². The highest BCUT2D eigenvalue weighted by atomic mass is 35.5. The van der Waals surface area contributed by atoms with Crippen molar-refractivity contribution < 1.29 is 14.4 Å². The quantitative estimate of drug-likeness (QED) is 0.347. The number of carbonyl (C=O) groups excluding carboxylic acids is 3. The number of nitrogens with two attached hydrogens (primary N) is 1. The van der Waals surface area contributed by atoms with Gasteiger partial charge >= 0.3 is 0 Å². The molecule has 1 saturated heterocycles. The number of benzene rings is 2. The maximum absolute atomic E-state index is 13.8. The maximum Gasteiger partial charge on any atom is 0.251 e. The van der Waals surface area contributed by atoms with E-state index < -0.39 is 17.4 Å².